The maximum absolute atomic E-state index is 11.6. The van der Waals surface area contributed by atoms with Crippen molar-refractivity contribution in [2.24, 2.45) is 0 Å². The van der Waals surface area contributed by atoms with Gasteiger partial charge in [0.05, 0.1) is 6.20 Å². The smallest absolute Gasteiger partial charge is 0.407 e. The van der Waals surface area contributed by atoms with E-state index < -0.39 is 11.7 Å². The molecular formula is C14H17N3O3. The molecule has 0 atom stereocenters. The minimum Gasteiger partial charge on any atom is -0.444 e. The van der Waals surface area contributed by atoms with Gasteiger partial charge >= 0.3 is 6.09 Å². The number of pyridine rings is 1. The van der Waals surface area contributed by atoms with Crippen molar-refractivity contribution in [2.75, 3.05) is 0 Å². The number of hydrogen-bond acceptors (Lipinski definition) is 5. The van der Waals surface area contributed by atoms with Crippen LogP contribution in [0.1, 0.15) is 26.3 Å². The Labute approximate surface area is 117 Å². The Balaban J connectivity index is 1.97. The summed E-state index contributed by atoms with van der Waals surface area (Å²) in [6.07, 6.45) is 4.15. The van der Waals surface area contributed by atoms with Gasteiger partial charge in [-0.2, -0.15) is 0 Å². The number of ether oxygens (including phenoxy) is 1. The summed E-state index contributed by atoms with van der Waals surface area (Å²) in [7, 11) is 0. The quantitative estimate of drug-likeness (QED) is 0.932. The molecule has 0 saturated heterocycles. The first-order valence-electron chi connectivity index (χ1n) is 6.25. The lowest BCUT2D eigenvalue weighted by Crippen LogP contribution is -2.32. The summed E-state index contributed by atoms with van der Waals surface area (Å²) in [5.74, 6) is 0.587. The zero-order chi connectivity index (χ0) is 14.6. The van der Waals surface area contributed by atoms with Gasteiger partial charge in [-0.1, -0.05) is 0 Å². The van der Waals surface area contributed by atoms with Crippen LogP contribution in [0.4, 0.5) is 4.79 Å². The molecule has 0 spiro atoms. The monoisotopic (exact) mass is 275 g/mol. The summed E-state index contributed by atoms with van der Waals surface area (Å²) < 4.78 is 10.3. The lowest BCUT2D eigenvalue weighted by Gasteiger charge is -2.19. The Morgan fingerprint density at radius 1 is 1.45 bits per heavy atom. The molecule has 1 N–H and O–H groups in total. The second-order valence-corrected chi connectivity index (χ2v) is 5.27. The maximum atomic E-state index is 11.6. The number of aromatic nitrogens is 2. The zero-order valence-electron chi connectivity index (χ0n) is 11.7. The van der Waals surface area contributed by atoms with Gasteiger partial charge in [0.25, 0.3) is 0 Å². The Morgan fingerprint density at radius 2 is 2.25 bits per heavy atom. The number of carbonyl (C=O) groups is 1. The Hall–Kier alpha value is -2.37. The first kappa shape index (κ1) is 14.0. The first-order chi connectivity index (χ1) is 9.44. The van der Waals surface area contributed by atoms with Gasteiger partial charge in [-0.05, 0) is 38.5 Å². The first-order valence-corrected chi connectivity index (χ1v) is 6.25. The van der Waals surface area contributed by atoms with E-state index in [4.69, 9.17) is 9.15 Å². The van der Waals surface area contributed by atoms with E-state index in [1.54, 1.807) is 12.4 Å². The van der Waals surface area contributed by atoms with Crippen molar-refractivity contribution in [3.63, 3.8) is 0 Å². The molecule has 1 amide bonds. The van der Waals surface area contributed by atoms with E-state index in [1.165, 1.54) is 6.39 Å². The van der Waals surface area contributed by atoms with Crippen LogP contribution in [0.25, 0.3) is 11.5 Å². The minimum absolute atomic E-state index is 0.360. The molecule has 0 unspecified atom stereocenters. The molecule has 0 radical (unpaired) electrons. The molecule has 2 aromatic heterocycles. The predicted molar refractivity (Wildman–Crippen MR) is 72.8 cm³/mol. The van der Waals surface area contributed by atoms with Crippen molar-refractivity contribution in [1.82, 2.24) is 15.3 Å². The Bertz CT molecular complexity index is 574. The summed E-state index contributed by atoms with van der Waals surface area (Å²) in [6.45, 7) is 5.82. The highest BCUT2D eigenvalue weighted by Crippen LogP contribution is 2.16. The number of amides is 1. The second kappa shape index (κ2) is 5.73. The van der Waals surface area contributed by atoms with Gasteiger partial charge in [0.1, 0.15) is 11.3 Å². The third-order valence-corrected chi connectivity index (χ3v) is 2.34. The largest absolute Gasteiger partial charge is 0.444 e. The van der Waals surface area contributed by atoms with Gasteiger partial charge in [-0.3, -0.25) is 4.98 Å². The van der Waals surface area contributed by atoms with Crippen LogP contribution in [0.15, 0.2) is 35.3 Å². The van der Waals surface area contributed by atoms with E-state index in [-0.39, 0.29) is 0 Å². The molecule has 0 bridgehead atoms. The Kier molecular flexibility index (Phi) is 4.02. The SMILES string of the molecule is CC(C)(C)OC(=O)NCc1ccnc(-c2cnco2)c1. The number of rotatable bonds is 3. The molecule has 6 nitrogen and oxygen atoms in total. The van der Waals surface area contributed by atoms with Gasteiger partial charge in [0.15, 0.2) is 12.2 Å². The van der Waals surface area contributed by atoms with Gasteiger partial charge in [0, 0.05) is 12.7 Å². The van der Waals surface area contributed by atoms with E-state index in [0.29, 0.717) is 18.0 Å². The predicted octanol–water partition coefficient (Wildman–Crippen LogP) is 2.76. The number of oxazole rings is 1. The molecule has 0 aliphatic carbocycles. The molecule has 2 aromatic rings. The summed E-state index contributed by atoms with van der Waals surface area (Å²) in [6, 6.07) is 3.65. The van der Waals surface area contributed by atoms with Crippen molar-refractivity contribution >= 4 is 6.09 Å². The van der Waals surface area contributed by atoms with Gasteiger partial charge < -0.3 is 14.5 Å². The van der Waals surface area contributed by atoms with Crippen LogP contribution >= 0.6 is 0 Å². The zero-order valence-corrected chi connectivity index (χ0v) is 11.7. The molecule has 0 fully saturated rings. The number of nitrogens with one attached hydrogen (secondary N) is 1. The van der Waals surface area contributed by atoms with Crippen molar-refractivity contribution in [1.29, 1.82) is 0 Å². The van der Waals surface area contributed by atoms with E-state index in [1.807, 2.05) is 32.9 Å². The van der Waals surface area contributed by atoms with Crippen molar-refractivity contribution < 1.29 is 13.9 Å². The fraction of sp³-hybridized carbons (Fsp3) is 0.357. The van der Waals surface area contributed by atoms with Crippen LogP contribution in [0, 0.1) is 0 Å². The molecular weight excluding hydrogens is 258 g/mol. The normalized spacial score (nSPS) is 11.2. The highest BCUT2D eigenvalue weighted by Gasteiger charge is 2.15. The molecule has 2 heterocycles. The van der Waals surface area contributed by atoms with Gasteiger partial charge in [0.2, 0.25) is 0 Å². The third-order valence-electron chi connectivity index (χ3n) is 2.34. The number of carbonyl (C=O) groups excluding carboxylic acids is 1. The van der Waals surface area contributed by atoms with Crippen LogP contribution in [0.3, 0.4) is 0 Å². The summed E-state index contributed by atoms with van der Waals surface area (Å²) >= 11 is 0. The summed E-state index contributed by atoms with van der Waals surface area (Å²) in [5.41, 5.74) is 1.07. The van der Waals surface area contributed by atoms with Crippen LogP contribution in [-0.2, 0) is 11.3 Å². The van der Waals surface area contributed by atoms with E-state index >= 15 is 0 Å². The van der Waals surface area contributed by atoms with Crippen LogP contribution in [0.5, 0.6) is 0 Å². The second-order valence-electron chi connectivity index (χ2n) is 5.27. The number of alkyl carbamates (subject to hydrolysis) is 1. The minimum atomic E-state index is -0.507. The molecule has 0 saturated carbocycles. The maximum Gasteiger partial charge on any atom is 0.407 e. The molecule has 6 heteroatoms. The molecule has 0 aromatic carbocycles. The average Bonchev–Trinajstić information content (AvgIpc) is 2.88. The fourth-order valence-electron chi connectivity index (χ4n) is 1.55. The van der Waals surface area contributed by atoms with E-state index in [2.05, 4.69) is 15.3 Å². The van der Waals surface area contributed by atoms with Crippen LogP contribution in [0.2, 0.25) is 0 Å². The highest BCUT2D eigenvalue weighted by atomic mass is 16.6. The standard InChI is InChI=1S/C14H17N3O3/c1-14(2,3)20-13(18)17-7-10-4-5-16-11(6-10)12-8-15-9-19-12/h4-6,8-9H,7H2,1-3H3,(H,17,18). The average molecular weight is 275 g/mol. The lowest BCUT2D eigenvalue weighted by atomic mass is 10.2. The third kappa shape index (κ3) is 4.08. The van der Waals surface area contributed by atoms with Gasteiger partial charge in [-0.15, -0.1) is 0 Å². The van der Waals surface area contributed by atoms with Crippen molar-refractivity contribution in [3.8, 4) is 11.5 Å². The van der Waals surface area contributed by atoms with E-state index in [9.17, 15) is 4.79 Å². The molecule has 2 rings (SSSR count). The Morgan fingerprint density at radius 3 is 2.90 bits per heavy atom. The summed E-state index contributed by atoms with van der Waals surface area (Å²) in [4.78, 5) is 19.6. The van der Waals surface area contributed by atoms with Crippen LogP contribution in [-0.4, -0.2) is 21.7 Å². The molecule has 0 aliphatic heterocycles. The fourth-order valence-corrected chi connectivity index (χ4v) is 1.55. The van der Waals surface area contributed by atoms with E-state index in [0.717, 1.165) is 5.56 Å². The number of hydrogen-bond donors (Lipinski definition) is 1. The lowest BCUT2D eigenvalue weighted by molar-refractivity contribution is 0.0523. The van der Waals surface area contributed by atoms with Gasteiger partial charge in [-0.25, -0.2) is 9.78 Å². The van der Waals surface area contributed by atoms with Crippen molar-refractivity contribution in [2.45, 2.75) is 32.9 Å². The molecule has 20 heavy (non-hydrogen) atoms. The topological polar surface area (TPSA) is 77.2 Å². The molecule has 106 valence electrons. The summed E-state index contributed by atoms with van der Waals surface area (Å²) in [5, 5.41) is 2.69. The highest BCUT2D eigenvalue weighted by molar-refractivity contribution is 5.67. The van der Waals surface area contributed by atoms with Crippen molar-refractivity contribution in [3.05, 3.63) is 36.5 Å². The van der Waals surface area contributed by atoms with Crippen LogP contribution < -0.4 is 5.32 Å². The molecule has 0 aliphatic rings. The number of nitrogens with zero attached hydrogens (tertiary/aromatic N) is 2.